The van der Waals surface area contributed by atoms with Crippen LogP contribution in [0.5, 0.6) is 11.5 Å². The molecule has 3 atom stereocenters. The summed E-state index contributed by atoms with van der Waals surface area (Å²) in [4.78, 5) is 18.9. The summed E-state index contributed by atoms with van der Waals surface area (Å²) in [6, 6.07) is 13.5. The van der Waals surface area contributed by atoms with Gasteiger partial charge in [-0.15, -0.1) is 0 Å². The highest BCUT2D eigenvalue weighted by atomic mass is 16.5. The van der Waals surface area contributed by atoms with Crippen LogP contribution < -0.4 is 14.8 Å². The number of piperidine rings is 1. The van der Waals surface area contributed by atoms with E-state index in [0.29, 0.717) is 37.5 Å². The summed E-state index contributed by atoms with van der Waals surface area (Å²) in [6.07, 6.45) is 6.81. The minimum absolute atomic E-state index is 0.0202. The number of benzene rings is 2. The molecular formula is C36H45N3O7. The van der Waals surface area contributed by atoms with E-state index in [2.05, 4.69) is 22.1 Å². The number of aromatic nitrogens is 1. The van der Waals surface area contributed by atoms with Crippen molar-refractivity contribution in [2.24, 2.45) is 5.92 Å². The molecule has 0 radical (unpaired) electrons. The molecule has 10 nitrogen and oxygen atoms in total. The molecule has 1 aliphatic carbocycles. The number of likely N-dealkylation sites (tertiary alicyclic amines) is 1. The molecule has 46 heavy (non-hydrogen) atoms. The summed E-state index contributed by atoms with van der Waals surface area (Å²) in [5.74, 6) is 1.57. The van der Waals surface area contributed by atoms with Gasteiger partial charge in [0.15, 0.2) is 0 Å². The van der Waals surface area contributed by atoms with Gasteiger partial charge in [0.2, 0.25) is 0 Å². The Kier molecular flexibility index (Phi) is 8.96. The van der Waals surface area contributed by atoms with Gasteiger partial charge < -0.3 is 44.0 Å². The molecule has 2 saturated heterocycles. The third-order valence-electron chi connectivity index (χ3n) is 10.2. The highest BCUT2D eigenvalue weighted by Crippen LogP contribution is 2.33. The Morgan fingerprint density at radius 2 is 2.00 bits per heavy atom. The molecule has 0 spiro atoms. The first kappa shape index (κ1) is 31.1. The van der Waals surface area contributed by atoms with Gasteiger partial charge in [-0.25, -0.2) is 0 Å². The second-order valence-corrected chi connectivity index (χ2v) is 13.6. The molecule has 3 aliphatic rings. The molecule has 10 heteroatoms. The van der Waals surface area contributed by atoms with Crippen LogP contribution in [-0.2, 0) is 11.3 Å². The molecule has 3 fully saturated rings. The lowest BCUT2D eigenvalue weighted by Gasteiger charge is -2.39. The number of H-pyrrole nitrogens is 1. The fourth-order valence-corrected chi connectivity index (χ4v) is 7.18. The van der Waals surface area contributed by atoms with Gasteiger partial charge in [0.05, 0.1) is 31.2 Å². The summed E-state index contributed by atoms with van der Waals surface area (Å²) in [6.45, 7) is 6.34. The number of hydrogen-bond acceptors (Lipinski definition) is 8. The molecule has 1 saturated carbocycles. The minimum atomic E-state index is -0.699. The molecule has 246 valence electrons. The number of nitrogens with one attached hydrogen (secondary N) is 2. The third-order valence-corrected chi connectivity index (χ3v) is 10.2. The normalized spacial score (nSPS) is 27.3. The standard InChI is InChI=1S/C36H45N3O7/c1-23-19-39(14-9-32(23)40)15-13-36(42)11-7-25(8-12-36)37-35(41)31-18-29-30(38-31)3-2-4-33(29)44-20-24-21-45-34-17-26(5-6-28(24)34)46-27-10-16-43-22-27/h2-6,17-18,21,23,25,27,32,38,40,42H,7-16,19-20,22H2,1H3,(H,37,41)/t23-,25?,27-,32-,36?/m0/s1. The molecule has 2 aromatic carbocycles. The predicted octanol–water partition coefficient (Wildman–Crippen LogP) is 5.16. The highest BCUT2D eigenvalue weighted by Gasteiger charge is 2.35. The van der Waals surface area contributed by atoms with Crippen molar-refractivity contribution < 1.29 is 33.6 Å². The van der Waals surface area contributed by atoms with Crippen molar-refractivity contribution in [3.63, 3.8) is 0 Å². The van der Waals surface area contributed by atoms with Crippen molar-refractivity contribution in [2.45, 2.75) is 82.3 Å². The van der Waals surface area contributed by atoms with Crippen LogP contribution in [0, 0.1) is 5.92 Å². The molecule has 0 bridgehead atoms. The number of amides is 1. The summed E-state index contributed by atoms with van der Waals surface area (Å²) in [5.41, 5.74) is 2.29. The van der Waals surface area contributed by atoms with Crippen molar-refractivity contribution in [2.75, 3.05) is 32.8 Å². The van der Waals surface area contributed by atoms with E-state index in [1.165, 1.54) is 0 Å². The van der Waals surface area contributed by atoms with Gasteiger partial charge in [-0.1, -0.05) is 13.0 Å². The van der Waals surface area contributed by atoms with Gasteiger partial charge in [0, 0.05) is 60.0 Å². The van der Waals surface area contributed by atoms with E-state index in [1.54, 1.807) is 6.26 Å². The second-order valence-electron chi connectivity index (χ2n) is 13.6. The fourth-order valence-electron chi connectivity index (χ4n) is 7.18. The molecular weight excluding hydrogens is 586 g/mol. The van der Waals surface area contributed by atoms with E-state index in [-0.39, 0.29) is 30.1 Å². The smallest absolute Gasteiger partial charge is 0.267 e. The Morgan fingerprint density at radius 3 is 2.80 bits per heavy atom. The Bertz CT molecular complexity index is 1650. The quantitative estimate of drug-likeness (QED) is 0.189. The van der Waals surface area contributed by atoms with Gasteiger partial charge >= 0.3 is 0 Å². The van der Waals surface area contributed by atoms with Gasteiger partial charge in [-0.3, -0.25) is 4.79 Å². The zero-order valence-electron chi connectivity index (χ0n) is 26.5. The zero-order chi connectivity index (χ0) is 31.7. The summed E-state index contributed by atoms with van der Waals surface area (Å²) in [7, 11) is 0. The largest absolute Gasteiger partial charge is 0.488 e. The minimum Gasteiger partial charge on any atom is -0.488 e. The Morgan fingerprint density at radius 1 is 1.13 bits per heavy atom. The second kappa shape index (κ2) is 13.3. The van der Waals surface area contributed by atoms with Crippen molar-refractivity contribution in [3.8, 4) is 11.5 Å². The van der Waals surface area contributed by atoms with Gasteiger partial charge in [0.25, 0.3) is 5.91 Å². The summed E-state index contributed by atoms with van der Waals surface area (Å²) < 4.78 is 23.5. The van der Waals surface area contributed by atoms with Gasteiger partial charge in [-0.05, 0) is 74.8 Å². The number of aliphatic hydroxyl groups is 2. The van der Waals surface area contributed by atoms with Crippen LogP contribution in [0.3, 0.4) is 0 Å². The van der Waals surface area contributed by atoms with E-state index in [9.17, 15) is 15.0 Å². The number of hydrogen-bond donors (Lipinski definition) is 4. The number of ether oxygens (including phenoxy) is 3. The lowest BCUT2D eigenvalue weighted by molar-refractivity contribution is -0.0272. The fraction of sp³-hybridized carbons (Fsp3) is 0.528. The van der Waals surface area contributed by atoms with Crippen LogP contribution in [0.1, 0.15) is 67.9 Å². The Balaban J connectivity index is 0.929. The topological polar surface area (TPSA) is 129 Å². The average molecular weight is 632 g/mol. The van der Waals surface area contributed by atoms with Crippen LogP contribution in [0.25, 0.3) is 21.9 Å². The third kappa shape index (κ3) is 6.90. The zero-order valence-corrected chi connectivity index (χ0v) is 26.5. The number of carbonyl (C=O) groups excluding carboxylic acids is 1. The number of aromatic amines is 1. The lowest BCUT2D eigenvalue weighted by Crippen LogP contribution is -2.47. The van der Waals surface area contributed by atoms with Gasteiger partial charge in [-0.2, -0.15) is 0 Å². The van der Waals surface area contributed by atoms with Crippen molar-refractivity contribution in [1.82, 2.24) is 15.2 Å². The van der Waals surface area contributed by atoms with Crippen LogP contribution >= 0.6 is 0 Å². The van der Waals surface area contributed by atoms with Crippen LogP contribution in [0.15, 0.2) is 53.1 Å². The summed E-state index contributed by atoms with van der Waals surface area (Å²) >= 11 is 0. The van der Waals surface area contributed by atoms with E-state index in [4.69, 9.17) is 18.6 Å². The molecule has 0 unspecified atom stereocenters. The Hall–Kier alpha value is -3.57. The van der Waals surface area contributed by atoms with Crippen LogP contribution in [0.2, 0.25) is 0 Å². The molecule has 4 N–H and O–H groups in total. The maximum absolute atomic E-state index is 13.3. The maximum Gasteiger partial charge on any atom is 0.267 e. The Labute approximate surface area is 269 Å². The number of aliphatic hydroxyl groups excluding tert-OH is 1. The van der Waals surface area contributed by atoms with Crippen molar-refractivity contribution in [1.29, 1.82) is 0 Å². The average Bonchev–Trinajstić information content (AvgIpc) is 3.82. The molecule has 4 heterocycles. The molecule has 7 rings (SSSR count). The van der Waals surface area contributed by atoms with Crippen molar-refractivity contribution >= 4 is 27.8 Å². The van der Waals surface area contributed by atoms with E-state index >= 15 is 0 Å². The number of carbonyl (C=O) groups is 1. The van der Waals surface area contributed by atoms with Gasteiger partial charge in [0.1, 0.15) is 35.5 Å². The summed E-state index contributed by atoms with van der Waals surface area (Å²) in [5, 5.41) is 26.2. The molecule has 2 aliphatic heterocycles. The first-order valence-electron chi connectivity index (χ1n) is 16.7. The van der Waals surface area contributed by atoms with Crippen molar-refractivity contribution in [3.05, 3.63) is 60.0 Å². The van der Waals surface area contributed by atoms with E-state index < -0.39 is 5.60 Å². The molecule has 2 aromatic heterocycles. The SMILES string of the molecule is C[C@H]1CN(CCC2(O)CCC(NC(=O)c3cc4c(OCc5coc6cc(O[C@H]7CCOC7)ccc56)cccc4[nH]3)CC2)CC[C@@H]1O. The number of fused-ring (bicyclic) bond motifs is 2. The highest BCUT2D eigenvalue weighted by molar-refractivity contribution is 5.99. The van der Waals surface area contributed by atoms with E-state index in [1.807, 2.05) is 42.5 Å². The maximum atomic E-state index is 13.3. The molecule has 1 amide bonds. The number of rotatable bonds is 10. The first-order valence-corrected chi connectivity index (χ1v) is 16.7. The molecule has 4 aromatic rings. The monoisotopic (exact) mass is 631 g/mol. The number of furan rings is 1. The van der Waals surface area contributed by atoms with Crippen LogP contribution in [0.4, 0.5) is 0 Å². The predicted molar refractivity (Wildman–Crippen MR) is 174 cm³/mol. The van der Waals surface area contributed by atoms with E-state index in [0.717, 1.165) is 91.5 Å². The first-order chi connectivity index (χ1) is 22.3. The van der Waals surface area contributed by atoms with Crippen LogP contribution in [-0.4, -0.2) is 82.7 Å². The number of nitrogens with zero attached hydrogens (tertiary/aromatic N) is 1. The lowest BCUT2D eigenvalue weighted by atomic mass is 9.80.